The number of rotatable bonds is 5. The van der Waals surface area contributed by atoms with Crippen LogP contribution in [0.2, 0.25) is 5.02 Å². The molecule has 8 heteroatoms. The van der Waals surface area contributed by atoms with Crippen molar-refractivity contribution in [1.29, 1.82) is 0 Å². The summed E-state index contributed by atoms with van der Waals surface area (Å²) in [4.78, 5) is 23.7. The number of aromatic nitrogens is 2. The number of amides is 1. The third-order valence-corrected chi connectivity index (χ3v) is 3.53. The monoisotopic (exact) mass is 379 g/mol. The van der Waals surface area contributed by atoms with E-state index >= 15 is 0 Å². The van der Waals surface area contributed by atoms with Crippen molar-refractivity contribution < 1.29 is 14.3 Å². The number of methoxy groups -OCH3 is 1. The van der Waals surface area contributed by atoms with E-state index in [1.54, 1.807) is 45.0 Å². The van der Waals surface area contributed by atoms with Crippen LogP contribution in [-0.4, -0.2) is 35.1 Å². The molecule has 140 valence electrons. The third kappa shape index (κ3) is 5.49. The lowest BCUT2D eigenvalue weighted by Crippen LogP contribution is -2.36. The number of carbonyl (C=O) groups excluding carboxylic acids is 1. The molecule has 0 aliphatic rings. The topological polar surface area (TPSA) is 82.5 Å². The summed E-state index contributed by atoms with van der Waals surface area (Å²) in [5, 5.41) is 7.48. The third-order valence-electron chi connectivity index (χ3n) is 3.30. The highest BCUT2D eigenvalue weighted by Crippen LogP contribution is 2.30. The largest absolute Gasteiger partial charge is 0.496 e. The van der Waals surface area contributed by atoms with E-state index in [0.29, 0.717) is 22.0 Å². The molecule has 0 fully saturated rings. The van der Waals surface area contributed by atoms with Crippen LogP contribution in [0.1, 0.15) is 20.8 Å². The average Bonchev–Trinajstić information content (AvgIpc) is 2.55. The Kier molecular flexibility index (Phi) is 6.26. The molecule has 1 aromatic heterocycles. The molecular weight excluding hydrogens is 358 g/mol. The van der Waals surface area contributed by atoms with Crippen molar-refractivity contribution in [2.24, 2.45) is 0 Å². The van der Waals surface area contributed by atoms with E-state index in [9.17, 15) is 9.59 Å². The van der Waals surface area contributed by atoms with Crippen LogP contribution < -0.4 is 15.6 Å². The maximum atomic E-state index is 12.0. The van der Waals surface area contributed by atoms with Crippen molar-refractivity contribution in [3.63, 3.8) is 0 Å². The zero-order valence-corrected chi connectivity index (χ0v) is 16.0. The number of benzene rings is 1. The predicted octanol–water partition coefficient (Wildman–Crippen LogP) is 3.10. The number of halogens is 1. The molecule has 0 saturated heterocycles. The average molecular weight is 380 g/mol. The minimum absolute atomic E-state index is 0.210. The predicted molar refractivity (Wildman–Crippen MR) is 99.7 cm³/mol. The normalized spacial score (nSPS) is 11.1. The molecule has 0 unspecified atom stereocenters. The van der Waals surface area contributed by atoms with Gasteiger partial charge < -0.3 is 14.8 Å². The van der Waals surface area contributed by atoms with E-state index in [1.165, 1.54) is 17.9 Å². The van der Waals surface area contributed by atoms with Crippen LogP contribution in [0.15, 0.2) is 35.1 Å². The maximum absolute atomic E-state index is 12.0. The highest BCUT2D eigenvalue weighted by molar-refractivity contribution is 6.30. The maximum Gasteiger partial charge on any atom is 0.407 e. The van der Waals surface area contributed by atoms with E-state index in [2.05, 4.69) is 10.4 Å². The highest BCUT2D eigenvalue weighted by atomic mass is 35.5. The summed E-state index contributed by atoms with van der Waals surface area (Å²) >= 11 is 5.98. The lowest BCUT2D eigenvalue weighted by molar-refractivity contribution is 0.0525. The van der Waals surface area contributed by atoms with E-state index < -0.39 is 11.7 Å². The van der Waals surface area contributed by atoms with E-state index in [-0.39, 0.29) is 18.6 Å². The quantitative estimate of drug-likeness (QED) is 0.863. The minimum Gasteiger partial charge on any atom is -0.496 e. The van der Waals surface area contributed by atoms with Gasteiger partial charge in [-0.25, -0.2) is 9.48 Å². The van der Waals surface area contributed by atoms with Crippen molar-refractivity contribution in [1.82, 2.24) is 15.1 Å². The Morgan fingerprint density at radius 3 is 2.65 bits per heavy atom. The first-order chi connectivity index (χ1) is 12.2. The summed E-state index contributed by atoms with van der Waals surface area (Å²) < 4.78 is 11.8. The van der Waals surface area contributed by atoms with Gasteiger partial charge in [-0.1, -0.05) is 11.6 Å². The van der Waals surface area contributed by atoms with Gasteiger partial charge in [0.1, 0.15) is 11.4 Å². The zero-order chi connectivity index (χ0) is 19.3. The molecule has 0 radical (unpaired) electrons. The van der Waals surface area contributed by atoms with E-state index in [0.717, 1.165) is 0 Å². The molecule has 1 aromatic carbocycles. The van der Waals surface area contributed by atoms with Crippen molar-refractivity contribution in [2.75, 3.05) is 13.7 Å². The number of carbonyl (C=O) groups is 1. The number of nitrogens with one attached hydrogen (secondary N) is 1. The number of hydrogen-bond acceptors (Lipinski definition) is 5. The summed E-state index contributed by atoms with van der Waals surface area (Å²) in [6, 6.07) is 8.21. The van der Waals surface area contributed by atoms with Crippen molar-refractivity contribution in [3.8, 4) is 17.0 Å². The number of ether oxygens (including phenoxy) is 2. The van der Waals surface area contributed by atoms with Crippen LogP contribution in [-0.2, 0) is 11.3 Å². The molecular formula is C18H22ClN3O4. The smallest absolute Gasteiger partial charge is 0.407 e. The summed E-state index contributed by atoms with van der Waals surface area (Å²) in [6.45, 7) is 5.76. The van der Waals surface area contributed by atoms with Gasteiger partial charge in [-0.15, -0.1) is 0 Å². The molecule has 0 bridgehead atoms. The number of nitrogens with zero attached hydrogens (tertiary/aromatic N) is 2. The summed E-state index contributed by atoms with van der Waals surface area (Å²) in [5.74, 6) is 0.557. The van der Waals surface area contributed by atoms with Gasteiger partial charge in [-0.05, 0) is 45.0 Å². The Hall–Kier alpha value is -2.54. The van der Waals surface area contributed by atoms with Crippen LogP contribution in [0.3, 0.4) is 0 Å². The zero-order valence-electron chi connectivity index (χ0n) is 15.2. The summed E-state index contributed by atoms with van der Waals surface area (Å²) in [7, 11) is 1.54. The van der Waals surface area contributed by atoms with Crippen molar-refractivity contribution >= 4 is 17.7 Å². The Balaban J connectivity index is 2.13. The fraction of sp³-hybridized carbons (Fsp3) is 0.389. The molecule has 0 saturated carbocycles. The van der Waals surface area contributed by atoms with Crippen LogP contribution in [0.25, 0.3) is 11.3 Å². The van der Waals surface area contributed by atoms with Gasteiger partial charge in [0.05, 0.1) is 19.3 Å². The summed E-state index contributed by atoms with van der Waals surface area (Å²) in [5.41, 5.74) is 0.429. The Bertz CT molecular complexity index is 843. The van der Waals surface area contributed by atoms with Gasteiger partial charge in [0.2, 0.25) is 0 Å². The van der Waals surface area contributed by atoms with Gasteiger partial charge in [0, 0.05) is 23.2 Å². The lowest BCUT2D eigenvalue weighted by atomic mass is 10.1. The number of alkyl carbamates (subject to hydrolysis) is 1. The first kappa shape index (κ1) is 19.8. The molecule has 0 spiro atoms. The number of hydrogen-bond donors (Lipinski definition) is 1. The van der Waals surface area contributed by atoms with E-state index in [4.69, 9.17) is 21.1 Å². The van der Waals surface area contributed by atoms with Crippen molar-refractivity contribution in [3.05, 3.63) is 45.7 Å². The molecule has 0 aliphatic heterocycles. The van der Waals surface area contributed by atoms with Crippen LogP contribution >= 0.6 is 11.6 Å². The fourth-order valence-electron chi connectivity index (χ4n) is 2.21. The van der Waals surface area contributed by atoms with Gasteiger partial charge in [-0.3, -0.25) is 4.79 Å². The van der Waals surface area contributed by atoms with Gasteiger partial charge in [0.15, 0.2) is 0 Å². The van der Waals surface area contributed by atoms with Gasteiger partial charge in [-0.2, -0.15) is 5.10 Å². The molecule has 2 aromatic rings. The molecule has 1 heterocycles. The first-order valence-electron chi connectivity index (χ1n) is 8.08. The molecule has 0 atom stereocenters. The molecule has 0 aliphatic carbocycles. The SMILES string of the molecule is COc1cc(Cl)ccc1-c1ccc(=O)n(CCNC(=O)OC(C)(C)C)n1. The first-order valence-corrected chi connectivity index (χ1v) is 8.46. The molecule has 1 N–H and O–H groups in total. The van der Waals surface area contributed by atoms with Crippen molar-refractivity contribution in [2.45, 2.75) is 32.9 Å². The van der Waals surface area contributed by atoms with Crippen LogP contribution in [0, 0.1) is 0 Å². The fourth-order valence-corrected chi connectivity index (χ4v) is 2.37. The Labute approximate surface area is 156 Å². The van der Waals surface area contributed by atoms with E-state index in [1.807, 2.05) is 0 Å². The standard InChI is InChI=1S/C18H22ClN3O4/c1-18(2,3)26-17(24)20-9-10-22-16(23)8-7-14(21-22)13-6-5-12(19)11-15(13)25-4/h5-8,11H,9-10H2,1-4H3,(H,20,24). The molecule has 7 nitrogen and oxygen atoms in total. The lowest BCUT2D eigenvalue weighted by Gasteiger charge is -2.19. The second-order valence-corrected chi connectivity index (χ2v) is 6.99. The second-order valence-electron chi connectivity index (χ2n) is 6.55. The molecule has 2 rings (SSSR count). The highest BCUT2D eigenvalue weighted by Gasteiger charge is 2.16. The van der Waals surface area contributed by atoms with Gasteiger partial charge >= 0.3 is 6.09 Å². The van der Waals surface area contributed by atoms with Gasteiger partial charge in [0.25, 0.3) is 5.56 Å². The Morgan fingerprint density at radius 2 is 2.00 bits per heavy atom. The van der Waals surface area contributed by atoms with Crippen LogP contribution in [0.4, 0.5) is 4.79 Å². The second kappa shape index (κ2) is 8.23. The minimum atomic E-state index is -0.579. The van der Waals surface area contributed by atoms with Crippen LogP contribution in [0.5, 0.6) is 5.75 Å². The summed E-state index contributed by atoms with van der Waals surface area (Å²) in [6.07, 6.45) is -0.541. The molecule has 1 amide bonds. The molecule has 26 heavy (non-hydrogen) atoms. The Morgan fingerprint density at radius 1 is 1.27 bits per heavy atom.